The number of aliphatic carboxylic acids is 1. The predicted octanol–water partition coefficient (Wildman–Crippen LogP) is 3.88. The number of benzene rings is 1. The Kier molecular flexibility index (Phi) is 4.07. The summed E-state index contributed by atoms with van der Waals surface area (Å²) in [5, 5.41) is 17.4. The molecule has 3 aromatic rings. The van der Waals surface area contributed by atoms with Crippen LogP contribution in [0, 0.1) is 0 Å². The normalized spacial score (nSPS) is 13.8. The fourth-order valence-electron chi connectivity index (χ4n) is 2.77. The van der Waals surface area contributed by atoms with Gasteiger partial charge in [0.2, 0.25) is 11.8 Å². The monoisotopic (exact) mass is 345 g/mol. The molecule has 1 aliphatic carbocycles. The summed E-state index contributed by atoms with van der Waals surface area (Å²) in [7, 11) is 0. The first kappa shape index (κ1) is 15.8. The number of nitrogens with zero attached hydrogens (tertiary/aromatic N) is 3. The largest absolute Gasteiger partial charge is 0.478 e. The van der Waals surface area contributed by atoms with Gasteiger partial charge >= 0.3 is 5.97 Å². The van der Waals surface area contributed by atoms with Crippen molar-refractivity contribution >= 4 is 11.5 Å². The van der Waals surface area contributed by atoms with E-state index < -0.39 is 5.97 Å². The van der Waals surface area contributed by atoms with Gasteiger partial charge in [0.25, 0.3) is 0 Å². The second kappa shape index (κ2) is 6.68. The SMILES string of the molecule is O=C(O)C1=CCC=C(c2nnc(-c3ccccc3-n3cccc3)o2)C=C1. The quantitative estimate of drug-likeness (QED) is 0.776. The van der Waals surface area contributed by atoms with Crippen LogP contribution in [-0.2, 0) is 4.79 Å². The topological polar surface area (TPSA) is 81.1 Å². The minimum absolute atomic E-state index is 0.244. The first-order valence-electron chi connectivity index (χ1n) is 8.11. The Morgan fingerprint density at radius 2 is 1.77 bits per heavy atom. The molecule has 6 nitrogen and oxygen atoms in total. The van der Waals surface area contributed by atoms with E-state index in [1.165, 1.54) is 0 Å². The summed E-state index contributed by atoms with van der Waals surface area (Å²) in [5.74, 6) is -0.185. The van der Waals surface area contributed by atoms with Crippen molar-refractivity contribution in [2.45, 2.75) is 6.42 Å². The van der Waals surface area contributed by atoms with Gasteiger partial charge in [-0.25, -0.2) is 4.79 Å². The van der Waals surface area contributed by atoms with E-state index in [0.717, 1.165) is 11.3 Å². The molecule has 0 fully saturated rings. The second-order valence-electron chi connectivity index (χ2n) is 5.71. The van der Waals surface area contributed by atoms with E-state index in [0.29, 0.717) is 23.8 Å². The highest BCUT2D eigenvalue weighted by Gasteiger charge is 2.16. The number of carboxylic acids is 1. The van der Waals surface area contributed by atoms with Gasteiger partial charge in [-0.05, 0) is 42.8 Å². The summed E-state index contributed by atoms with van der Waals surface area (Å²) in [6.07, 6.45) is 11.1. The highest BCUT2D eigenvalue weighted by Crippen LogP contribution is 2.28. The van der Waals surface area contributed by atoms with Gasteiger partial charge in [0, 0.05) is 18.0 Å². The number of hydrogen-bond acceptors (Lipinski definition) is 4. The van der Waals surface area contributed by atoms with E-state index in [-0.39, 0.29) is 5.57 Å². The van der Waals surface area contributed by atoms with E-state index in [2.05, 4.69) is 10.2 Å². The van der Waals surface area contributed by atoms with Crippen molar-refractivity contribution in [3.63, 3.8) is 0 Å². The van der Waals surface area contributed by atoms with Crippen LogP contribution in [0.1, 0.15) is 12.3 Å². The molecule has 128 valence electrons. The Morgan fingerprint density at radius 3 is 2.58 bits per heavy atom. The third-order valence-electron chi connectivity index (χ3n) is 4.05. The third-order valence-corrected chi connectivity index (χ3v) is 4.05. The van der Waals surface area contributed by atoms with Crippen molar-refractivity contribution < 1.29 is 14.3 Å². The van der Waals surface area contributed by atoms with Gasteiger partial charge in [-0.1, -0.05) is 24.3 Å². The number of carbonyl (C=O) groups is 1. The molecule has 2 aromatic heterocycles. The average molecular weight is 345 g/mol. The molecular formula is C20H15N3O3. The minimum atomic E-state index is -0.956. The minimum Gasteiger partial charge on any atom is -0.478 e. The highest BCUT2D eigenvalue weighted by molar-refractivity contribution is 5.91. The van der Waals surface area contributed by atoms with Crippen molar-refractivity contribution in [1.29, 1.82) is 0 Å². The number of aromatic nitrogens is 3. The van der Waals surface area contributed by atoms with Crippen LogP contribution in [0.3, 0.4) is 0 Å². The van der Waals surface area contributed by atoms with E-state index in [4.69, 9.17) is 9.52 Å². The number of carboxylic acid groups (broad SMARTS) is 1. The Bertz CT molecular complexity index is 1040. The molecule has 1 aromatic carbocycles. The highest BCUT2D eigenvalue weighted by atomic mass is 16.4. The lowest BCUT2D eigenvalue weighted by Crippen LogP contribution is -1.96. The fourth-order valence-corrected chi connectivity index (χ4v) is 2.77. The maximum absolute atomic E-state index is 11.1. The molecule has 4 rings (SSSR count). The molecule has 1 N–H and O–H groups in total. The first-order valence-corrected chi connectivity index (χ1v) is 8.11. The second-order valence-corrected chi connectivity index (χ2v) is 5.71. The van der Waals surface area contributed by atoms with Gasteiger partial charge in [-0.15, -0.1) is 10.2 Å². The molecule has 1 aliphatic rings. The van der Waals surface area contributed by atoms with Crippen LogP contribution in [0.5, 0.6) is 0 Å². The van der Waals surface area contributed by atoms with Crippen LogP contribution in [-0.4, -0.2) is 25.8 Å². The Morgan fingerprint density at radius 1 is 1.00 bits per heavy atom. The standard InChI is InChI=1S/C20H15N3O3/c24-20(25)15-7-5-6-14(10-11-15)18-21-22-19(26-18)16-8-1-2-9-17(16)23-12-3-4-13-23/h1-4,6-13H,5H2,(H,24,25). The molecule has 0 saturated carbocycles. The smallest absolute Gasteiger partial charge is 0.335 e. The van der Waals surface area contributed by atoms with Crippen LogP contribution in [0.2, 0.25) is 0 Å². The zero-order valence-electron chi connectivity index (χ0n) is 13.7. The van der Waals surface area contributed by atoms with Crippen molar-refractivity contribution in [3.05, 3.63) is 84.6 Å². The fraction of sp³-hybridized carbons (Fsp3) is 0.0500. The molecule has 6 heteroatoms. The van der Waals surface area contributed by atoms with Crippen molar-refractivity contribution in [2.75, 3.05) is 0 Å². The first-order chi connectivity index (χ1) is 12.7. The molecule has 0 atom stereocenters. The van der Waals surface area contributed by atoms with Crippen LogP contribution in [0.25, 0.3) is 22.7 Å². The molecular weight excluding hydrogens is 330 g/mol. The summed E-state index contributed by atoms with van der Waals surface area (Å²) in [6.45, 7) is 0. The zero-order valence-corrected chi connectivity index (χ0v) is 13.7. The van der Waals surface area contributed by atoms with Crippen LogP contribution >= 0.6 is 0 Å². The molecule has 0 bridgehead atoms. The van der Waals surface area contributed by atoms with Gasteiger partial charge in [-0.3, -0.25) is 0 Å². The third kappa shape index (κ3) is 3.00. The molecule has 0 saturated heterocycles. The number of para-hydroxylation sites is 1. The summed E-state index contributed by atoms with van der Waals surface area (Å²) in [5.41, 5.74) is 2.71. The molecule has 0 spiro atoms. The van der Waals surface area contributed by atoms with Gasteiger partial charge in [-0.2, -0.15) is 0 Å². The molecule has 0 radical (unpaired) electrons. The van der Waals surface area contributed by atoms with Crippen LogP contribution in [0.4, 0.5) is 0 Å². The maximum Gasteiger partial charge on any atom is 0.335 e. The van der Waals surface area contributed by atoms with Crippen molar-refractivity contribution in [2.24, 2.45) is 0 Å². The van der Waals surface area contributed by atoms with E-state index in [1.54, 1.807) is 18.2 Å². The summed E-state index contributed by atoms with van der Waals surface area (Å²) in [4.78, 5) is 11.1. The summed E-state index contributed by atoms with van der Waals surface area (Å²) >= 11 is 0. The summed E-state index contributed by atoms with van der Waals surface area (Å²) in [6, 6.07) is 11.7. The Labute approximate surface area is 149 Å². The average Bonchev–Trinajstić information content (AvgIpc) is 3.29. The zero-order chi connectivity index (χ0) is 17.9. The lowest BCUT2D eigenvalue weighted by molar-refractivity contribution is -0.132. The van der Waals surface area contributed by atoms with Gasteiger partial charge < -0.3 is 14.1 Å². The number of rotatable bonds is 4. The van der Waals surface area contributed by atoms with Gasteiger partial charge in [0.1, 0.15) is 0 Å². The molecule has 0 unspecified atom stereocenters. The molecule has 26 heavy (non-hydrogen) atoms. The number of allylic oxidation sites excluding steroid dienone is 4. The van der Waals surface area contributed by atoms with Crippen LogP contribution < -0.4 is 0 Å². The van der Waals surface area contributed by atoms with Gasteiger partial charge in [0.05, 0.1) is 16.8 Å². The van der Waals surface area contributed by atoms with E-state index >= 15 is 0 Å². The molecule has 0 aliphatic heterocycles. The number of hydrogen-bond donors (Lipinski definition) is 1. The lowest BCUT2D eigenvalue weighted by Gasteiger charge is -2.07. The van der Waals surface area contributed by atoms with E-state index in [1.807, 2.05) is 59.4 Å². The molecule has 0 amide bonds. The Balaban J connectivity index is 1.68. The van der Waals surface area contributed by atoms with Gasteiger partial charge in [0.15, 0.2) is 0 Å². The lowest BCUT2D eigenvalue weighted by atomic mass is 10.1. The molecule has 2 heterocycles. The predicted molar refractivity (Wildman–Crippen MR) is 96.5 cm³/mol. The maximum atomic E-state index is 11.1. The van der Waals surface area contributed by atoms with Crippen LogP contribution in [0.15, 0.2) is 83.1 Å². The van der Waals surface area contributed by atoms with Crippen molar-refractivity contribution in [1.82, 2.24) is 14.8 Å². The van der Waals surface area contributed by atoms with E-state index in [9.17, 15) is 4.79 Å². The van der Waals surface area contributed by atoms with Crippen molar-refractivity contribution in [3.8, 4) is 17.1 Å². The Hall–Kier alpha value is -3.67. The summed E-state index contributed by atoms with van der Waals surface area (Å²) < 4.78 is 7.85.